The van der Waals surface area contributed by atoms with Gasteiger partial charge in [-0.1, -0.05) is 17.7 Å². The second-order valence-corrected chi connectivity index (χ2v) is 5.14. The molecule has 0 aliphatic carbocycles. The largest absolute Gasteiger partial charge is 0.352 e. The number of nitrogens with zero attached hydrogens (tertiary/aromatic N) is 1. The van der Waals surface area contributed by atoms with Crippen molar-refractivity contribution in [1.29, 1.82) is 0 Å². The Balaban J connectivity index is 2.15. The van der Waals surface area contributed by atoms with Crippen LogP contribution >= 0.6 is 11.6 Å². The molecule has 0 saturated heterocycles. The van der Waals surface area contributed by atoms with E-state index in [1.807, 2.05) is 31.5 Å². The Morgan fingerprint density at radius 2 is 2.10 bits per heavy atom. The van der Waals surface area contributed by atoms with Gasteiger partial charge < -0.3 is 9.88 Å². The molecule has 0 atom stereocenters. The maximum Gasteiger partial charge on any atom is 0.256 e. The van der Waals surface area contributed by atoms with E-state index in [1.165, 1.54) is 18.2 Å². The third kappa shape index (κ3) is 2.70. The van der Waals surface area contributed by atoms with Crippen LogP contribution in [-0.4, -0.2) is 10.5 Å². The van der Waals surface area contributed by atoms with Crippen LogP contribution in [0.15, 0.2) is 24.3 Å². The lowest BCUT2D eigenvalue weighted by Gasteiger charge is -2.08. The first-order valence-corrected chi connectivity index (χ1v) is 6.63. The summed E-state index contributed by atoms with van der Waals surface area (Å²) in [4.78, 5) is 12.0. The van der Waals surface area contributed by atoms with Gasteiger partial charge in [0.2, 0.25) is 0 Å². The average Bonchev–Trinajstić information content (AvgIpc) is 2.63. The van der Waals surface area contributed by atoms with E-state index in [0.29, 0.717) is 6.54 Å². The van der Waals surface area contributed by atoms with Crippen LogP contribution in [0.1, 0.15) is 27.3 Å². The van der Waals surface area contributed by atoms with Crippen LogP contribution in [-0.2, 0) is 13.6 Å². The molecule has 2 rings (SSSR count). The minimum Gasteiger partial charge on any atom is -0.352 e. The smallest absolute Gasteiger partial charge is 0.256 e. The number of hydrogen-bond donors (Lipinski definition) is 1. The van der Waals surface area contributed by atoms with Crippen LogP contribution in [0.5, 0.6) is 0 Å². The molecule has 106 valence electrons. The quantitative estimate of drug-likeness (QED) is 0.925. The fourth-order valence-corrected chi connectivity index (χ4v) is 2.34. The van der Waals surface area contributed by atoms with Gasteiger partial charge in [0.25, 0.3) is 5.91 Å². The number of carbonyl (C=O) groups excluding carboxylic acids is 1. The molecule has 0 spiro atoms. The fourth-order valence-electron chi connectivity index (χ4n) is 2.09. The lowest BCUT2D eigenvalue weighted by molar-refractivity contribution is 0.0947. The summed E-state index contributed by atoms with van der Waals surface area (Å²) >= 11 is 5.86. The van der Waals surface area contributed by atoms with Gasteiger partial charge in [0, 0.05) is 25.0 Å². The van der Waals surface area contributed by atoms with Gasteiger partial charge in [-0.2, -0.15) is 0 Å². The van der Waals surface area contributed by atoms with Crippen molar-refractivity contribution < 1.29 is 9.18 Å². The van der Waals surface area contributed by atoms with Gasteiger partial charge in [0.1, 0.15) is 5.82 Å². The number of benzene rings is 1. The summed E-state index contributed by atoms with van der Waals surface area (Å²) in [5.41, 5.74) is 3.07. The van der Waals surface area contributed by atoms with Crippen LogP contribution in [0.4, 0.5) is 4.39 Å². The van der Waals surface area contributed by atoms with Crippen LogP contribution < -0.4 is 5.32 Å². The molecule has 20 heavy (non-hydrogen) atoms. The normalized spacial score (nSPS) is 10.7. The van der Waals surface area contributed by atoms with E-state index in [2.05, 4.69) is 5.32 Å². The molecule has 0 radical (unpaired) electrons. The molecule has 1 aromatic heterocycles. The van der Waals surface area contributed by atoms with Crippen molar-refractivity contribution >= 4 is 17.5 Å². The SMILES string of the molecule is Cc1cc(CNC(=O)c2c(F)cccc2Cl)c(C)n1C. The van der Waals surface area contributed by atoms with Crippen LogP contribution in [0.2, 0.25) is 5.02 Å². The van der Waals surface area contributed by atoms with Crippen molar-refractivity contribution in [2.45, 2.75) is 20.4 Å². The van der Waals surface area contributed by atoms with Gasteiger partial charge in [-0.15, -0.1) is 0 Å². The highest BCUT2D eigenvalue weighted by molar-refractivity contribution is 6.33. The van der Waals surface area contributed by atoms with Gasteiger partial charge in [-0.3, -0.25) is 4.79 Å². The lowest BCUT2D eigenvalue weighted by atomic mass is 10.2. The second-order valence-electron chi connectivity index (χ2n) is 4.73. The number of nitrogens with one attached hydrogen (secondary N) is 1. The minimum atomic E-state index is -0.615. The molecule has 1 N–H and O–H groups in total. The molecule has 0 saturated carbocycles. The Bertz CT molecular complexity index is 644. The van der Waals surface area contributed by atoms with Gasteiger partial charge in [0.05, 0.1) is 10.6 Å². The summed E-state index contributed by atoms with van der Waals surface area (Å²) in [6, 6.07) is 6.19. The van der Waals surface area contributed by atoms with E-state index in [-0.39, 0.29) is 10.6 Å². The Labute approximate surface area is 122 Å². The van der Waals surface area contributed by atoms with Gasteiger partial charge in [-0.25, -0.2) is 4.39 Å². The molecule has 1 amide bonds. The predicted octanol–water partition coefficient (Wildman–Crippen LogP) is 3.36. The van der Waals surface area contributed by atoms with E-state index in [4.69, 9.17) is 11.6 Å². The lowest BCUT2D eigenvalue weighted by Crippen LogP contribution is -2.24. The average molecular weight is 295 g/mol. The van der Waals surface area contributed by atoms with Crippen LogP contribution in [0, 0.1) is 19.7 Å². The van der Waals surface area contributed by atoms with Crippen molar-refractivity contribution in [3.05, 3.63) is 57.6 Å². The first-order chi connectivity index (χ1) is 9.41. The van der Waals surface area contributed by atoms with Crippen molar-refractivity contribution in [2.75, 3.05) is 0 Å². The molecule has 0 aliphatic heterocycles. The van der Waals surface area contributed by atoms with Crippen LogP contribution in [0.3, 0.4) is 0 Å². The molecule has 0 unspecified atom stereocenters. The zero-order valence-corrected chi connectivity index (χ0v) is 12.4. The molecule has 0 aliphatic rings. The summed E-state index contributed by atoms with van der Waals surface area (Å²) in [6.07, 6.45) is 0. The Morgan fingerprint density at radius 3 is 2.65 bits per heavy atom. The van der Waals surface area contributed by atoms with Gasteiger partial charge in [-0.05, 0) is 37.6 Å². The number of aromatic nitrogens is 1. The monoisotopic (exact) mass is 294 g/mol. The highest BCUT2D eigenvalue weighted by Gasteiger charge is 2.16. The number of hydrogen-bond acceptors (Lipinski definition) is 1. The molecule has 1 aromatic carbocycles. The zero-order chi connectivity index (χ0) is 14.9. The van der Waals surface area contributed by atoms with Crippen molar-refractivity contribution in [3.8, 4) is 0 Å². The summed E-state index contributed by atoms with van der Waals surface area (Å²) in [7, 11) is 1.96. The summed E-state index contributed by atoms with van der Waals surface area (Å²) in [5.74, 6) is -1.12. The Morgan fingerprint density at radius 1 is 1.40 bits per heavy atom. The Kier molecular flexibility index (Phi) is 4.14. The summed E-state index contributed by atoms with van der Waals surface area (Å²) < 4.78 is 15.7. The van der Waals surface area contributed by atoms with Gasteiger partial charge >= 0.3 is 0 Å². The fraction of sp³-hybridized carbons (Fsp3) is 0.267. The maximum atomic E-state index is 13.6. The summed E-state index contributed by atoms with van der Waals surface area (Å²) in [5, 5.41) is 2.82. The molecule has 2 aromatic rings. The van der Waals surface area contributed by atoms with E-state index >= 15 is 0 Å². The number of carbonyl (C=O) groups is 1. The van der Waals surface area contributed by atoms with E-state index < -0.39 is 11.7 Å². The number of rotatable bonds is 3. The molecule has 3 nitrogen and oxygen atoms in total. The Hall–Kier alpha value is -1.81. The van der Waals surface area contributed by atoms with E-state index in [9.17, 15) is 9.18 Å². The zero-order valence-electron chi connectivity index (χ0n) is 11.6. The van der Waals surface area contributed by atoms with Crippen LogP contribution in [0.25, 0.3) is 0 Å². The maximum absolute atomic E-state index is 13.6. The van der Waals surface area contributed by atoms with E-state index in [1.54, 1.807) is 0 Å². The highest BCUT2D eigenvalue weighted by atomic mass is 35.5. The minimum absolute atomic E-state index is 0.112. The third-order valence-corrected chi connectivity index (χ3v) is 3.82. The number of amides is 1. The van der Waals surface area contributed by atoms with Crippen molar-refractivity contribution in [2.24, 2.45) is 7.05 Å². The van der Waals surface area contributed by atoms with Crippen molar-refractivity contribution in [1.82, 2.24) is 9.88 Å². The predicted molar refractivity (Wildman–Crippen MR) is 77.5 cm³/mol. The molecule has 1 heterocycles. The van der Waals surface area contributed by atoms with Gasteiger partial charge in [0.15, 0.2) is 0 Å². The first-order valence-electron chi connectivity index (χ1n) is 6.25. The second kappa shape index (κ2) is 5.67. The third-order valence-electron chi connectivity index (χ3n) is 3.51. The highest BCUT2D eigenvalue weighted by Crippen LogP contribution is 2.19. The van der Waals surface area contributed by atoms with E-state index in [0.717, 1.165) is 17.0 Å². The molecule has 0 bridgehead atoms. The number of halogens is 2. The van der Waals surface area contributed by atoms with Crippen molar-refractivity contribution in [3.63, 3.8) is 0 Å². The topological polar surface area (TPSA) is 34.0 Å². The molecular weight excluding hydrogens is 279 g/mol. The number of aryl methyl sites for hydroxylation is 1. The summed E-state index contributed by atoms with van der Waals surface area (Å²) in [6.45, 7) is 4.31. The molecule has 5 heteroatoms. The first kappa shape index (κ1) is 14.6. The molecule has 0 fully saturated rings. The molecular formula is C15H16ClFN2O. The standard InChI is InChI=1S/C15H16ClFN2O/c1-9-7-11(10(2)19(9)3)8-18-15(20)14-12(16)5-4-6-13(14)17/h4-7H,8H2,1-3H3,(H,18,20).